The second-order valence-electron chi connectivity index (χ2n) is 5.74. The summed E-state index contributed by atoms with van der Waals surface area (Å²) in [4.78, 5) is 20.5. The average molecular weight is 328 g/mol. The summed E-state index contributed by atoms with van der Waals surface area (Å²) in [6.45, 7) is 1.94. The zero-order valence-electron chi connectivity index (χ0n) is 13.5. The van der Waals surface area contributed by atoms with Gasteiger partial charge in [-0.25, -0.2) is 9.97 Å². The Labute approximate surface area is 143 Å². The van der Waals surface area contributed by atoms with Gasteiger partial charge in [0.1, 0.15) is 5.65 Å². The molecule has 3 heterocycles. The lowest BCUT2D eigenvalue weighted by atomic mass is 10.1. The highest BCUT2D eigenvalue weighted by Gasteiger charge is 2.07. The molecule has 4 rings (SSSR count). The molecule has 0 atom stereocenters. The van der Waals surface area contributed by atoms with E-state index in [1.807, 2.05) is 47.9 Å². The predicted octanol–water partition coefficient (Wildman–Crippen LogP) is 2.72. The first-order valence-corrected chi connectivity index (χ1v) is 7.86. The molecule has 0 unspecified atom stereocenters. The summed E-state index contributed by atoms with van der Waals surface area (Å²) in [6.07, 6.45) is 5.63. The number of aryl methyl sites for hydroxylation is 1. The van der Waals surface area contributed by atoms with Crippen LogP contribution in [0.15, 0.2) is 54.7 Å². The lowest BCUT2D eigenvalue weighted by Crippen LogP contribution is -2.22. The van der Waals surface area contributed by atoms with Crippen LogP contribution in [0.3, 0.4) is 0 Å². The zero-order valence-corrected chi connectivity index (χ0v) is 13.5. The van der Waals surface area contributed by atoms with Gasteiger partial charge in [-0.05, 0) is 43.3 Å². The number of carbonyl (C=O) groups is 1. The van der Waals surface area contributed by atoms with Gasteiger partial charge in [0.2, 0.25) is 0 Å². The van der Waals surface area contributed by atoms with Crippen LogP contribution < -0.4 is 5.11 Å². The summed E-state index contributed by atoms with van der Waals surface area (Å²) in [6, 6.07) is 14.5. The Morgan fingerprint density at radius 2 is 1.88 bits per heavy atom. The first kappa shape index (κ1) is 15.1. The van der Waals surface area contributed by atoms with E-state index < -0.39 is 5.97 Å². The molecular weight excluding hydrogens is 314 g/mol. The van der Waals surface area contributed by atoms with Gasteiger partial charge in [-0.1, -0.05) is 24.3 Å². The second-order valence-corrected chi connectivity index (χ2v) is 5.74. The van der Waals surface area contributed by atoms with Gasteiger partial charge < -0.3 is 14.3 Å². The molecule has 0 saturated heterocycles. The fraction of sp³-hybridized carbons (Fsp3) is 0.0500. The molecule has 0 aliphatic carbocycles. The molecule has 0 amide bonds. The Balaban J connectivity index is 1.83. The van der Waals surface area contributed by atoms with Crippen molar-refractivity contribution >= 4 is 34.7 Å². The van der Waals surface area contributed by atoms with Crippen LogP contribution in [0.1, 0.15) is 27.4 Å². The summed E-state index contributed by atoms with van der Waals surface area (Å²) in [5, 5.41) is 12.0. The van der Waals surface area contributed by atoms with Gasteiger partial charge in [-0.3, -0.25) is 0 Å². The fourth-order valence-corrected chi connectivity index (χ4v) is 2.95. The second kappa shape index (κ2) is 5.87. The van der Waals surface area contributed by atoms with Crippen LogP contribution >= 0.6 is 0 Å². The molecule has 1 aromatic carbocycles. The van der Waals surface area contributed by atoms with Crippen molar-refractivity contribution in [1.82, 2.24) is 14.4 Å². The van der Waals surface area contributed by atoms with E-state index in [0.29, 0.717) is 16.6 Å². The lowest BCUT2D eigenvalue weighted by molar-refractivity contribution is -0.254. The Hall–Kier alpha value is -3.47. The maximum Gasteiger partial charge on any atom is 0.137 e. The molecule has 25 heavy (non-hydrogen) atoms. The number of hydrogen-bond donors (Lipinski definition) is 0. The minimum absolute atomic E-state index is 0.139. The predicted molar refractivity (Wildman–Crippen MR) is 94.9 cm³/mol. The maximum atomic E-state index is 11.5. The van der Waals surface area contributed by atoms with Crippen LogP contribution in [-0.2, 0) is 0 Å². The summed E-state index contributed by atoms with van der Waals surface area (Å²) in [5.74, 6) is -1.21. The van der Waals surface area contributed by atoms with E-state index in [0.717, 1.165) is 17.0 Å². The SMILES string of the molecule is Cc1nc2ccccn2c1/C=C/c1cc(C(=O)[O-])c2ccccc2n1. The number of rotatable bonds is 3. The number of aromatic nitrogens is 3. The number of aromatic carboxylic acids is 1. The molecule has 0 N–H and O–H groups in total. The molecule has 122 valence electrons. The van der Waals surface area contributed by atoms with Crippen molar-refractivity contribution in [2.45, 2.75) is 6.92 Å². The topological polar surface area (TPSA) is 70.3 Å². The van der Waals surface area contributed by atoms with Gasteiger partial charge in [-0.15, -0.1) is 0 Å². The normalized spacial score (nSPS) is 11.6. The Bertz CT molecular complexity index is 1140. The van der Waals surface area contributed by atoms with Crippen molar-refractivity contribution in [2.24, 2.45) is 0 Å². The van der Waals surface area contributed by atoms with Crippen LogP contribution in [0.2, 0.25) is 0 Å². The number of imidazole rings is 1. The highest BCUT2D eigenvalue weighted by atomic mass is 16.4. The van der Waals surface area contributed by atoms with E-state index in [4.69, 9.17) is 0 Å². The van der Waals surface area contributed by atoms with Crippen molar-refractivity contribution in [2.75, 3.05) is 0 Å². The van der Waals surface area contributed by atoms with Gasteiger partial charge in [0.05, 0.1) is 28.6 Å². The minimum Gasteiger partial charge on any atom is -0.545 e. The van der Waals surface area contributed by atoms with Crippen molar-refractivity contribution in [1.29, 1.82) is 0 Å². The molecular formula is C20H14N3O2-. The van der Waals surface area contributed by atoms with Crippen LogP contribution in [0.4, 0.5) is 0 Å². The Morgan fingerprint density at radius 3 is 2.72 bits per heavy atom. The van der Waals surface area contributed by atoms with Crippen molar-refractivity contribution < 1.29 is 9.90 Å². The van der Waals surface area contributed by atoms with E-state index >= 15 is 0 Å². The Morgan fingerprint density at radius 1 is 1.08 bits per heavy atom. The highest BCUT2D eigenvalue weighted by molar-refractivity contribution is 6.02. The maximum absolute atomic E-state index is 11.5. The monoisotopic (exact) mass is 328 g/mol. The summed E-state index contributed by atoms with van der Waals surface area (Å²) >= 11 is 0. The largest absolute Gasteiger partial charge is 0.545 e. The summed E-state index contributed by atoms with van der Waals surface area (Å²) < 4.78 is 1.98. The van der Waals surface area contributed by atoms with E-state index in [1.165, 1.54) is 6.07 Å². The third-order valence-corrected chi connectivity index (χ3v) is 4.12. The van der Waals surface area contributed by atoms with Crippen molar-refractivity contribution in [3.63, 3.8) is 0 Å². The standard InChI is InChI=1S/C20H15N3O2/c1-13-18(23-11-5-4-8-19(23)21-13)10-9-14-12-16(20(24)25)15-6-2-3-7-17(15)22-14/h2-12H,1H3,(H,24,25)/p-1/b10-9+. The molecule has 0 bridgehead atoms. The zero-order chi connectivity index (χ0) is 17.4. The number of carboxylic acid groups (broad SMARTS) is 1. The third-order valence-electron chi connectivity index (χ3n) is 4.12. The fourth-order valence-electron chi connectivity index (χ4n) is 2.95. The molecule has 5 nitrogen and oxygen atoms in total. The smallest absolute Gasteiger partial charge is 0.137 e. The molecule has 0 spiro atoms. The first-order valence-electron chi connectivity index (χ1n) is 7.86. The number of para-hydroxylation sites is 1. The molecule has 0 radical (unpaired) electrons. The van der Waals surface area contributed by atoms with E-state index in [2.05, 4.69) is 9.97 Å². The van der Waals surface area contributed by atoms with Crippen LogP contribution in [0.5, 0.6) is 0 Å². The van der Waals surface area contributed by atoms with E-state index in [9.17, 15) is 9.90 Å². The quantitative estimate of drug-likeness (QED) is 0.580. The van der Waals surface area contributed by atoms with Gasteiger partial charge in [-0.2, -0.15) is 0 Å². The van der Waals surface area contributed by atoms with Gasteiger partial charge in [0.15, 0.2) is 0 Å². The van der Waals surface area contributed by atoms with Crippen molar-refractivity contribution in [3.8, 4) is 0 Å². The van der Waals surface area contributed by atoms with E-state index in [1.54, 1.807) is 24.3 Å². The molecule has 3 aromatic heterocycles. The van der Waals surface area contributed by atoms with Crippen LogP contribution in [0.25, 0.3) is 28.7 Å². The van der Waals surface area contributed by atoms with Gasteiger partial charge >= 0.3 is 0 Å². The molecule has 4 aromatic rings. The van der Waals surface area contributed by atoms with Crippen LogP contribution in [0, 0.1) is 6.92 Å². The minimum atomic E-state index is -1.21. The number of hydrogen-bond acceptors (Lipinski definition) is 4. The number of carboxylic acids is 1. The molecule has 0 fully saturated rings. The van der Waals surface area contributed by atoms with Crippen molar-refractivity contribution in [3.05, 3.63) is 77.4 Å². The molecule has 0 saturated carbocycles. The summed E-state index contributed by atoms with van der Waals surface area (Å²) in [5.41, 5.74) is 4.01. The average Bonchev–Trinajstić information content (AvgIpc) is 2.94. The number of carbonyl (C=O) groups excluding carboxylic acids is 1. The molecule has 0 aliphatic heterocycles. The number of nitrogens with zero attached hydrogens (tertiary/aromatic N) is 3. The Kier molecular flexibility index (Phi) is 3.54. The van der Waals surface area contributed by atoms with Crippen LogP contribution in [-0.4, -0.2) is 20.3 Å². The van der Waals surface area contributed by atoms with Gasteiger partial charge in [0.25, 0.3) is 0 Å². The molecule has 5 heteroatoms. The highest BCUT2D eigenvalue weighted by Crippen LogP contribution is 2.20. The first-order chi connectivity index (χ1) is 12.1. The number of fused-ring (bicyclic) bond motifs is 2. The third kappa shape index (κ3) is 2.65. The van der Waals surface area contributed by atoms with Gasteiger partial charge in [0, 0.05) is 17.1 Å². The number of pyridine rings is 2. The lowest BCUT2D eigenvalue weighted by Gasteiger charge is -2.08. The number of benzene rings is 1. The summed E-state index contributed by atoms with van der Waals surface area (Å²) in [7, 11) is 0. The van der Waals surface area contributed by atoms with E-state index in [-0.39, 0.29) is 5.56 Å². The molecule has 0 aliphatic rings.